The molecule has 3 rings (SSSR count). The van der Waals surface area contributed by atoms with Crippen LogP contribution in [0.2, 0.25) is 0 Å². The van der Waals surface area contributed by atoms with Crippen LogP contribution in [0.5, 0.6) is 11.5 Å². The number of hydrogen-bond acceptors (Lipinski definition) is 5. The number of rotatable bonds is 8. The summed E-state index contributed by atoms with van der Waals surface area (Å²) in [5.74, 6) is -1.53. The first-order valence-electron chi connectivity index (χ1n) is 9.13. The Balaban J connectivity index is 1.61. The van der Waals surface area contributed by atoms with Crippen LogP contribution in [-0.4, -0.2) is 31.7 Å². The van der Waals surface area contributed by atoms with E-state index in [1.807, 2.05) is 36.4 Å². The summed E-state index contributed by atoms with van der Waals surface area (Å²) in [4.78, 5) is 24.3. The van der Waals surface area contributed by atoms with Crippen molar-refractivity contribution in [3.63, 3.8) is 0 Å². The molecule has 0 bridgehead atoms. The number of nitrogens with one attached hydrogen (secondary N) is 1. The fourth-order valence-electron chi connectivity index (χ4n) is 2.78. The molecule has 0 radical (unpaired) electrons. The predicted octanol–water partition coefficient (Wildman–Crippen LogP) is 4.64. The molecule has 0 fully saturated rings. The van der Waals surface area contributed by atoms with Crippen LogP contribution in [0.4, 0.5) is 14.5 Å². The number of halogens is 2. The van der Waals surface area contributed by atoms with Crippen molar-refractivity contribution in [1.29, 1.82) is 0 Å². The van der Waals surface area contributed by atoms with Crippen LogP contribution < -0.4 is 14.8 Å². The van der Waals surface area contributed by atoms with E-state index in [9.17, 15) is 18.4 Å². The maximum absolute atomic E-state index is 12.5. The molecule has 1 amide bonds. The van der Waals surface area contributed by atoms with E-state index in [-0.39, 0.29) is 23.7 Å². The summed E-state index contributed by atoms with van der Waals surface area (Å²) in [6.45, 7) is -1.69. The summed E-state index contributed by atoms with van der Waals surface area (Å²) in [7, 11) is 0. The molecular weight excluding hydrogens is 396 g/mol. The topological polar surface area (TPSA) is 73.9 Å². The fourth-order valence-corrected chi connectivity index (χ4v) is 2.78. The molecule has 0 saturated carbocycles. The highest BCUT2D eigenvalue weighted by Gasteiger charge is 2.16. The van der Waals surface area contributed by atoms with Crippen LogP contribution in [0, 0.1) is 0 Å². The first-order valence-corrected chi connectivity index (χ1v) is 9.13. The summed E-state index contributed by atoms with van der Waals surface area (Å²) >= 11 is 0. The van der Waals surface area contributed by atoms with Gasteiger partial charge in [-0.25, -0.2) is 4.79 Å². The number of esters is 1. The Hall–Kier alpha value is -3.68. The Morgan fingerprint density at radius 2 is 1.73 bits per heavy atom. The minimum atomic E-state index is -3.03. The minimum absolute atomic E-state index is 0.0205. The van der Waals surface area contributed by atoms with E-state index in [0.717, 1.165) is 10.8 Å². The van der Waals surface area contributed by atoms with Gasteiger partial charge < -0.3 is 19.5 Å². The first kappa shape index (κ1) is 21.0. The summed E-state index contributed by atoms with van der Waals surface area (Å²) in [5, 5.41) is 4.65. The number of fused-ring (bicyclic) bond motifs is 1. The van der Waals surface area contributed by atoms with E-state index < -0.39 is 25.1 Å². The van der Waals surface area contributed by atoms with Crippen LogP contribution in [0.15, 0.2) is 60.7 Å². The number of anilines is 1. The number of alkyl halides is 2. The number of carbonyl (C=O) groups excluding carboxylic acids is 2. The zero-order chi connectivity index (χ0) is 21.5. The molecule has 0 spiro atoms. The summed E-state index contributed by atoms with van der Waals surface area (Å²) in [5.41, 5.74) is 0.612. The number of ether oxygens (including phenoxy) is 3. The molecule has 0 aromatic heterocycles. The molecule has 0 heterocycles. The Morgan fingerprint density at radius 3 is 2.47 bits per heavy atom. The molecule has 8 heteroatoms. The average molecular weight is 415 g/mol. The number of carbonyl (C=O) groups is 2. The zero-order valence-corrected chi connectivity index (χ0v) is 16.1. The first-order chi connectivity index (χ1) is 14.5. The van der Waals surface area contributed by atoms with Crippen LogP contribution >= 0.6 is 0 Å². The number of benzene rings is 3. The van der Waals surface area contributed by atoms with E-state index in [2.05, 4.69) is 10.1 Å². The van der Waals surface area contributed by atoms with Gasteiger partial charge in [0.25, 0.3) is 5.91 Å². The van der Waals surface area contributed by atoms with Gasteiger partial charge in [-0.3, -0.25) is 4.79 Å². The molecule has 0 atom stereocenters. The largest absolute Gasteiger partial charge is 0.490 e. The zero-order valence-electron chi connectivity index (χ0n) is 16.1. The van der Waals surface area contributed by atoms with Gasteiger partial charge in [0.1, 0.15) is 0 Å². The van der Waals surface area contributed by atoms with Gasteiger partial charge in [-0.1, -0.05) is 30.3 Å². The molecule has 30 heavy (non-hydrogen) atoms. The standard InChI is InChI=1S/C22H19F2NO5/c1-2-28-19-12-16(8-10-18(19)30-22(23)24)21(27)29-13-20(26)25-17-9-7-14-5-3-4-6-15(14)11-17/h3-12,22H,2,13H2,1H3,(H,25,26). The molecular formula is C22H19F2NO5. The molecule has 0 saturated heterocycles. The highest BCUT2D eigenvalue weighted by Crippen LogP contribution is 2.30. The smallest absolute Gasteiger partial charge is 0.387 e. The van der Waals surface area contributed by atoms with Crippen LogP contribution in [0.3, 0.4) is 0 Å². The SMILES string of the molecule is CCOc1cc(C(=O)OCC(=O)Nc2ccc3ccccc3c2)ccc1OC(F)F. The monoisotopic (exact) mass is 415 g/mol. The quantitative estimate of drug-likeness (QED) is 0.543. The van der Waals surface area contributed by atoms with E-state index in [1.165, 1.54) is 18.2 Å². The van der Waals surface area contributed by atoms with Gasteiger partial charge in [0.2, 0.25) is 0 Å². The molecule has 3 aromatic rings. The highest BCUT2D eigenvalue weighted by molar-refractivity contribution is 5.97. The van der Waals surface area contributed by atoms with Crippen LogP contribution in [-0.2, 0) is 9.53 Å². The highest BCUT2D eigenvalue weighted by atomic mass is 19.3. The Morgan fingerprint density at radius 1 is 0.967 bits per heavy atom. The van der Waals surface area contributed by atoms with Crippen molar-refractivity contribution in [3.8, 4) is 11.5 Å². The van der Waals surface area contributed by atoms with Crippen molar-refractivity contribution in [3.05, 3.63) is 66.2 Å². The normalized spacial score (nSPS) is 10.7. The van der Waals surface area contributed by atoms with Crippen molar-refractivity contribution in [2.75, 3.05) is 18.5 Å². The Bertz CT molecular complexity index is 1050. The lowest BCUT2D eigenvalue weighted by atomic mass is 10.1. The molecule has 3 aromatic carbocycles. The molecule has 1 N–H and O–H groups in total. The summed E-state index contributed by atoms with van der Waals surface area (Å²) in [6.07, 6.45) is 0. The molecule has 156 valence electrons. The van der Waals surface area contributed by atoms with Crippen LogP contribution in [0.1, 0.15) is 17.3 Å². The second-order valence-electron chi connectivity index (χ2n) is 6.16. The van der Waals surface area contributed by atoms with Gasteiger partial charge in [0, 0.05) is 5.69 Å². The average Bonchev–Trinajstić information content (AvgIpc) is 2.73. The van der Waals surface area contributed by atoms with Crippen molar-refractivity contribution >= 4 is 28.3 Å². The lowest BCUT2D eigenvalue weighted by molar-refractivity contribution is -0.119. The van der Waals surface area contributed by atoms with Gasteiger partial charge in [-0.05, 0) is 48.0 Å². The van der Waals surface area contributed by atoms with Gasteiger partial charge in [-0.15, -0.1) is 0 Å². The van der Waals surface area contributed by atoms with Crippen molar-refractivity contribution < 1.29 is 32.6 Å². The van der Waals surface area contributed by atoms with Crippen molar-refractivity contribution in [1.82, 2.24) is 0 Å². The third-order valence-corrected chi connectivity index (χ3v) is 4.06. The maximum Gasteiger partial charge on any atom is 0.387 e. The Labute approximate surface area is 171 Å². The lowest BCUT2D eigenvalue weighted by Crippen LogP contribution is -2.21. The number of hydrogen-bond donors (Lipinski definition) is 1. The van der Waals surface area contributed by atoms with Gasteiger partial charge in [0.05, 0.1) is 12.2 Å². The summed E-state index contributed by atoms with van der Waals surface area (Å²) < 4.78 is 39.5. The van der Waals surface area contributed by atoms with Gasteiger partial charge >= 0.3 is 12.6 Å². The van der Waals surface area contributed by atoms with Gasteiger partial charge in [0.15, 0.2) is 18.1 Å². The predicted molar refractivity (Wildman–Crippen MR) is 107 cm³/mol. The maximum atomic E-state index is 12.5. The minimum Gasteiger partial charge on any atom is -0.490 e. The summed E-state index contributed by atoms with van der Waals surface area (Å²) in [6, 6.07) is 16.8. The van der Waals surface area contributed by atoms with E-state index in [4.69, 9.17) is 9.47 Å². The van der Waals surface area contributed by atoms with E-state index in [0.29, 0.717) is 5.69 Å². The second-order valence-corrected chi connectivity index (χ2v) is 6.16. The molecule has 0 aliphatic heterocycles. The fraction of sp³-hybridized carbons (Fsp3) is 0.182. The van der Waals surface area contributed by atoms with E-state index in [1.54, 1.807) is 13.0 Å². The Kier molecular flexibility index (Phi) is 6.79. The number of amides is 1. The van der Waals surface area contributed by atoms with Crippen LogP contribution in [0.25, 0.3) is 10.8 Å². The second kappa shape index (κ2) is 9.69. The molecule has 0 unspecified atom stereocenters. The molecule has 0 aliphatic carbocycles. The van der Waals surface area contributed by atoms with Gasteiger partial charge in [-0.2, -0.15) is 8.78 Å². The van der Waals surface area contributed by atoms with Crippen molar-refractivity contribution in [2.45, 2.75) is 13.5 Å². The lowest BCUT2D eigenvalue weighted by Gasteiger charge is -2.12. The third-order valence-electron chi connectivity index (χ3n) is 4.06. The van der Waals surface area contributed by atoms with E-state index >= 15 is 0 Å². The molecule has 6 nitrogen and oxygen atoms in total. The van der Waals surface area contributed by atoms with Crippen molar-refractivity contribution in [2.24, 2.45) is 0 Å². The third kappa shape index (κ3) is 5.44. The molecule has 0 aliphatic rings.